The summed E-state index contributed by atoms with van der Waals surface area (Å²) in [5, 5.41) is 168. The van der Waals surface area contributed by atoms with E-state index in [9.17, 15) is 95.5 Å². The smallest absolute Gasteiger partial charge is 0.251 e. The van der Waals surface area contributed by atoms with E-state index in [0.717, 1.165) is 53.4 Å². The molecule has 36 heteroatoms. The Kier molecular flexibility index (Phi) is 31.3. The summed E-state index contributed by atoms with van der Waals surface area (Å²) in [4.78, 5) is 65.0. The quantitative estimate of drug-likeness (QED) is 0.0298. The van der Waals surface area contributed by atoms with E-state index in [-0.39, 0.29) is 5.56 Å². The molecule has 6 saturated heterocycles. The molecule has 1 aromatic carbocycles. The Morgan fingerprint density at radius 2 is 0.816 bits per heavy atom. The number of aliphatic hydroxyl groups excluding tert-OH is 14. The maximum Gasteiger partial charge on any atom is 0.251 e. The third-order valence-corrected chi connectivity index (χ3v) is 17.9. The highest BCUT2D eigenvalue weighted by Crippen LogP contribution is 2.37. The number of carbonyl (C=O) groups excluding carboxylic acids is 5. The molecule has 0 spiro atoms. The molecule has 6 heterocycles. The number of nitrogens with one attached hydrogen (secondary N) is 5. The van der Waals surface area contributed by atoms with Gasteiger partial charge in [-0.1, -0.05) is 64.4 Å². The van der Waals surface area contributed by atoms with Gasteiger partial charge in [0.1, 0.15) is 146 Å². The second-order valence-corrected chi connectivity index (χ2v) is 25.4. The molecule has 5 amide bonds. The molecule has 6 aliphatic rings. The molecule has 1 aromatic rings. The lowest BCUT2D eigenvalue weighted by Crippen LogP contribution is -2.72. The number of amides is 5. The molecule has 0 saturated carbocycles. The van der Waals surface area contributed by atoms with Crippen LogP contribution in [0.1, 0.15) is 110 Å². The van der Waals surface area contributed by atoms with Crippen LogP contribution in [0.15, 0.2) is 24.3 Å². The first-order valence-electron chi connectivity index (χ1n) is 33.2. The van der Waals surface area contributed by atoms with Crippen LogP contribution in [-0.2, 0) is 71.3 Å². The molecule has 6 fully saturated rings. The van der Waals surface area contributed by atoms with Gasteiger partial charge in [-0.2, -0.15) is 0 Å². The molecule has 0 bridgehead atoms. The number of hydrogen-bond acceptors (Lipinski definition) is 31. The number of hydrogen-bond donors (Lipinski definition) is 19. The van der Waals surface area contributed by atoms with E-state index in [1.54, 1.807) is 12.1 Å². The normalized spacial score (nSPS) is 39.8. The predicted molar refractivity (Wildman–Crippen MR) is 329 cm³/mol. The van der Waals surface area contributed by atoms with E-state index < -0.39 is 246 Å². The van der Waals surface area contributed by atoms with Crippen molar-refractivity contribution in [2.24, 2.45) is 0 Å². The molecule has 0 aliphatic carbocycles. The molecule has 6 aliphatic heterocycles. The molecule has 19 N–H and O–H groups in total. The van der Waals surface area contributed by atoms with Crippen LogP contribution in [0.4, 0.5) is 0 Å². The van der Waals surface area contributed by atoms with Gasteiger partial charge in [0, 0.05) is 33.3 Å². The van der Waals surface area contributed by atoms with Crippen LogP contribution in [0.5, 0.6) is 5.75 Å². The molecule has 98 heavy (non-hydrogen) atoms. The molecular weight excluding hydrogens is 1310 g/mol. The fraction of sp³-hybridized carbons (Fsp3) is 0.823. The van der Waals surface area contributed by atoms with Crippen molar-refractivity contribution in [2.45, 2.75) is 283 Å². The van der Waals surface area contributed by atoms with E-state index in [1.807, 2.05) is 0 Å². The van der Waals surface area contributed by atoms with Crippen molar-refractivity contribution in [3.05, 3.63) is 29.8 Å². The van der Waals surface area contributed by atoms with E-state index in [1.165, 1.54) is 51.2 Å². The first-order valence-corrected chi connectivity index (χ1v) is 33.2. The van der Waals surface area contributed by atoms with Crippen molar-refractivity contribution in [3.63, 3.8) is 0 Å². The lowest BCUT2D eigenvalue weighted by atomic mass is 9.93. The fourth-order valence-corrected chi connectivity index (χ4v) is 12.7. The van der Waals surface area contributed by atoms with E-state index in [0.29, 0.717) is 12.4 Å². The Bertz CT molecular complexity index is 2660. The summed E-state index contributed by atoms with van der Waals surface area (Å²) in [5.41, 5.74) is 0.0594. The maximum absolute atomic E-state index is 14.0. The van der Waals surface area contributed by atoms with Crippen molar-refractivity contribution in [3.8, 4) is 5.75 Å². The Morgan fingerprint density at radius 1 is 0.418 bits per heavy atom. The van der Waals surface area contributed by atoms with Gasteiger partial charge in [-0.25, -0.2) is 0 Å². The summed E-state index contributed by atoms with van der Waals surface area (Å²) in [5.74, 6) is -3.68. The summed E-state index contributed by atoms with van der Waals surface area (Å²) >= 11 is 0. The average Bonchev–Trinajstić information content (AvgIpc) is 0.772. The van der Waals surface area contributed by atoms with Crippen LogP contribution in [0.25, 0.3) is 0 Å². The summed E-state index contributed by atoms with van der Waals surface area (Å²) < 4.78 is 72.0. The Morgan fingerprint density at radius 3 is 1.26 bits per heavy atom. The minimum absolute atomic E-state index is 0.0594. The van der Waals surface area contributed by atoms with Crippen molar-refractivity contribution in [1.29, 1.82) is 0 Å². The number of ether oxygens (including phenoxy) is 12. The van der Waals surface area contributed by atoms with Crippen molar-refractivity contribution >= 4 is 29.5 Å². The molecule has 0 radical (unpaired) electrons. The minimum Gasteiger partial charge on any atom is -0.494 e. The largest absolute Gasteiger partial charge is 0.494 e. The first-order chi connectivity index (χ1) is 46.7. The van der Waals surface area contributed by atoms with Gasteiger partial charge in [0.2, 0.25) is 23.6 Å². The van der Waals surface area contributed by atoms with E-state index in [2.05, 4.69) is 33.5 Å². The van der Waals surface area contributed by atoms with Crippen molar-refractivity contribution in [2.75, 3.05) is 39.6 Å². The highest BCUT2D eigenvalue weighted by molar-refractivity contribution is 5.94. The van der Waals surface area contributed by atoms with Gasteiger partial charge in [-0.15, -0.1) is 0 Å². The molecule has 30 atom stereocenters. The molecule has 13 unspecified atom stereocenters. The number of carbonyl (C=O) groups is 5. The predicted octanol–water partition coefficient (Wildman–Crippen LogP) is -7.15. The zero-order valence-corrected chi connectivity index (χ0v) is 55.4. The summed E-state index contributed by atoms with van der Waals surface area (Å²) in [6, 6.07) is -2.45. The van der Waals surface area contributed by atoms with Gasteiger partial charge in [-0.3, -0.25) is 24.0 Å². The van der Waals surface area contributed by atoms with Gasteiger partial charge in [-0.05, 0) is 31.5 Å². The van der Waals surface area contributed by atoms with Crippen LogP contribution < -0.4 is 31.3 Å². The zero-order chi connectivity index (χ0) is 71.8. The Labute approximate surface area is 565 Å². The van der Waals surface area contributed by atoms with Crippen LogP contribution in [-0.4, -0.2) is 325 Å². The van der Waals surface area contributed by atoms with Crippen LogP contribution in [0.2, 0.25) is 0 Å². The molecular formula is C62H101N5O31. The third-order valence-electron chi connectivity index (χ3n) is 17.9. The molecule has 36 nitrogen and oxygen atoms in total. The van der Waals surface area contributed by atoms with Gasteiger partial charge in [0.05, 0.1) is 45.7 Å². The summed E-state index contributed by atoms with van der Waals surface area (Å²) in [6.45, 7) is 3.38. The fourth-order valence-electron chi connectivity index (χ4n) is 12.7. The van der Waals surface area contributed by atoms with Crippen molar-refractivity contribution in [1.82, 2.24) is 26.6 Å². The van der Waals surface area contributed by atoms with E-state index in [4.69, 9.17) is 56.8 Å². The zero-order valence-electron chi connectivity index (χ0n) is 55.4. The monoisotopic (exact) mass is 1410 g/mol. The third kappa shape index (κ3) is 20.6. The van der Waals surface area contributed by atoms with Crippen LogP contribution in [0.3, 0.4) is 0 Å². The number of aliphatic hydroxyl groups is 14. The first kappa shape index (κ1) is 80.7. The van der Waals surface area contributed by atoms with Gasteiger partial charge >= 0.3 is 0 Å². The van der Waals surface area contributed by atoms with Gasteiger partial charge < -0.3 is 155 Å². The number of rotatable bonds is 32. The molecule has 0 aromatic heterocycles. The minimum atomic E-state index is -2.07. The maximum atomic E-state index is 14.0. The standard InChI is InChI=1S/C62H101N5O31/c1-7-8-9-10-11-12-13-14-15-19-87-32-18-16-17-31(20-32)56(85)67-39-45(78)44(77)33(21-68)91-58(39)95-52-34(22-69)92-59(40(47(52)80)64-28(4)73)96-53-35(23-70)93-60(41(48(53)81)65-29(5)74)97-54-36(24-71)94-61(42(49(54)82)66-30(6)75)98-55-37(90-57(86)38(46(55)79)63-27(3)72)25-88-62-51(84)50(83)43(76)26(2)89-62/h16-18,20,26,33-55,57-62,68-71,76-84,86H,7-15,19,21-25H2,1-6H3,(H,63,72)(H,64,73)(H,65,74)(H,66,75)(H,67,85)/t26?,33?,34-,35?,36-,37?,38-,39?,40?,41-,42?,43+,44+,45+,46+,47?,48+,49?,50?,51+,52+,53?,54+,55?,57+,58-,59-,60-,61?,62+/m0/s1. The summed E-state index contributed by atoms with van der Waals surface area (Å²) in [7, 11) is 0. The second kappa shape index (κ2) is 38.0. The Hall–Kier alpha value is -4.63. The number of benzene rings is 1. The second-order valence-electron chi connectivity index (χ2n) is 25.4. The molecule has 560 valence electrons. The van der Waals surface area contributed by atoms with Crippen LogP contribution in [0, 0.1) is 0 Å². The average molecular weight is 1410 g/mol. The van der Waals surface area contributed by atoms with Gasteiger partial charge in [0.15, 0.2) is 37.7 Å². The van der Waals surface area contributed by atoms with Crippen LogP contribution >= 0.6 is 0 Å². The lowest BCUT2D eigenvalue weighted by molar-refractivity contribution is -0.368. The highest BCUT2D eigenvalue weighted by Gasteiger charge is 2.58. The summed E-state index contributed by atoms with van der Waals surface area (Å²) in [6.07, 6.45) is -34.9. The SMILES string of the molecule is CCCCCCCCCCCOc1cccc(C(=O)NC2[C@H](O[C@H]3C(O)C(NC(C)=O)[C@H](OC4C(CO)O[C@@H](O[C@H]5C(O)C(NC(C)=O)C(OC6C(CO[C@@H]7OC(C)[C@@H](O)C(O)[C@H]7O)O[C@@H](O)[C@@H](NC(C)=O)[C@H]6O)O[C@H]5CO)[C@@H](NC(C)=O)[C@H]4O)O[C@H]3CO)OC(CO)[C@@H](O)[C@@H]2O)c1. The van der Waals surface area contributed by atoms with Gasteiger partial charge in [0.25, 0.3) is 5.91 Å². The Balaban J connectivity index is 1.07. The van der Waals surface area contributed by atoms with E-state index >= 15 is 0 Å². The molecule has 7 rings (SSSR count). The topological polar surface area (TPSA) is 539 Å². The lowest BCUT2D eigenvalue weighted by Gasteiger charge is -2.51. The van der Waals surface area contributed by atoms with Crippen molar-refractivity contribution < 1.29 is 152 Å². The number of unbranched alkanes of at least 4 members (excludes halogenated alkanes) is 8. The highest BCUT2D eigenvalue weighted by atomic mass is 16.8.